The Hall–Kier alpha value is -3.31. The van der Waals surface area contributed by atoms with Gasteiger partial charge in [-0.3, -0.25) is 4.79 Å². The van der Waals surface area contributed by atoms with Crippen molar-refractivity contribution in [2.45, 2.75) is 6.42 Å². The Morgan fingerprint density at radius 2 is 2.07 bits per heavy atom. The van der Waals surface area contributed by atoms with Gasteiger partial charge in [-0.05, 0) is 29.7 Å². The Labute approximate surface area is 166 Å². The average Bonchev–Trinajstić information content (AvgIpc) is 3.24. The quantitative estimate of drug-likeness (QED) is 0.526. The molecule has 8 heteroatoms. The van der Waals surface area contributed by atoms with E-state index >= 15 is 0 Å². The molecule has 1 aliphatic heterocycles. The summed E-state index contributed by atoms with van der Waals surface area (Å²) in [6.07, 6.45) is 3.06. The van der Waals surface area contributed by atoms with Crippen molar-refractivity contribution in [1.82, 2.24) is 0 Å². The standard InChI is InChI=1S/C20H18N2O5S/c21-8-2-9-22(15-4-6-17-18(13-15)26-11-10-25-17)19(23)14-27-20(24)7-5-16-3-1-12-28-16/h1,3-7,12-13H,2,9-11,14H2. The minimum atomic E-state index is -0.607. The first kappa shape index (κ1) is 19.5. The van der Waals surface area contributed by atoms with Crippen LogP contribution in [0.15, 0.2) is 41.8 Å². The number of fused-ring (bicyclic) bond motifs is 1. The fourth-order valence-corrected chi connectivity index (χ4v) is 3.17. The van der Waals surface area contributed by atoms with Crippen LogP contribution in [0.1, 0.15) is 11.3 Å². The van der Waals surface area contributed by atoms with Gasteiger partial charge in [0.05, 0.1) is 12.5 Å². The summed E-state index contributed by atoms with van der Waals surface area (Å²) < 4.78 is 16.1. The summed E-state index contributed by atoms with van der Waals surface area (Å²) in [5.74, 6) is 0.108. The number of thiophene rings is 1. The van der Waals surface area contributed by atoms with E-state index in [4.69, 9.17) is 19.5 Å². The average molecular weight is 398 g/mol. The fourth-order valence-electron chi connectivity index (χ4n) is 2.55. The highest BCUT2D eigenvalue weighted by atomic mass is 32.1. The van der Waals surface area contributed by atoms with Crippen LogP contribution in [0.4, 0.5) is 5.69 Å². The zero-order chi connectivity index (χ0) is 19.8. The van der Waals surface area contributed by atoms with Crippen molar-refractivity contribution in [3.05, 3.63) is 46.7 Å². The lowest BCUT2D eigenvalue weighted by Gasteiger charge is -2.24. The largest absolute Gasteiger partial charge is 0.486 e. The van der Waals surface area contributed by atoms with Crippen LogP contribution in [0.25, 0.3) is 6.08 Å². The molecule has 2 aromatic rings. The highest BCUT2D eigenvalue weighted by Gasteiger charge is 2.20. The first-order chi connectivity index (χ1) is 13.7. The van der Waals surface area contributed by atoms with Crippen LogP contribution in [0, 0.1) is 11.3 Å². The number of rotatable bonds is 7. The Morgan fingerprint density at radius 1 is 1.25 bits per heavy atom. The third-order valence-electron chi connectivity index (χ3n) is 3.85. The van der Waals surface area contributed by atoms with Crippen LogP contribution >= 0.6 is 11.3 Å². The molecule has 0 fully saturated rings. The number of carbonyl (C=O) groups is 2. The number of benzene rings is 1. The van der Waals surface area contributed by atoms with Gasteiger partial charge in [-0.15, -0.1) is 11.3 Å². The monoisotopic (exact) mass is 398 g/mol. The Bertz CT molecular complexity index is 902. The molecule has 0 N–H and O–H groups in total. The Balaban J connectivity index is 1.64. The van der Waals surface area contributed by atoms with Crippen LogP contribution in [-0.2, 0) is 14.3 Å². The molecule has 0 atom stereocenters. The van der Waals surface area contributed by atoms with E-state index in [0.29, 0.717) is 30.4 Å². The van der Waals surface area contributed by atoms with Crippen LogP contribution in [0.3, 0.4) is 0 Å². The number of carbonyl (C=O) groups excluding carboxylic acids is 2. The summed E-state index contributed by atoms with van der Waals surface area (Å²) in [5.41, 5.74) is 0.551. The fraction of sp³-hybridized carbons (Fsp3) is 0.250. The van der Waals surface area contributed by atoms with E-state index in [9.17, 15) is 9.59 Å². The highest BCUT2D eigenvalue weighted by molar-refractivity contribution is 7.10. The van der Waals surface area contributed by atoms with Crippen LogP contribution < -0.4 is 14.4 Å². The van der Waals surface area contributed by atoms with Crippen molar-refractivity contribution in [2.24, 2.45) is 0 Å². The number of hydrogen-bond acceptors (Lipinski definition) is 7. The summed E-state index contributed by atoms with van der Waals surface area (Å²) in [6, 6.07) is 10.9. The first-order valence-electron chi connectivity index (χ1n) is 8.62. The molecule has 0 radical (unpaired) electrons. The van der Waals surface area contributed by atoms with Gasteiger partial charge in [0, 0.05) is 29.3 Å². The lowest BCUT2D eigenvalue weighted by Crippen LogP contribution is -2.35. The van der Waals surface area contributed by atoms with Gasteiger partial charge in [-0.25, -0.2) is 4.79 Å². The molecule has 0 saturated carbocycles. The third-order valence-corrected chi connectivity index (χ3v) is 4.69. The smallest absolute Gasteiger partial charge is 0.331 e. The Morgan fingerprint density at radius 3 is 2.82 bits per heavy atom. The molecular weight excluding hydrogens is 380 g/mol. The lowest BCUT2D eigenvalue weighted by molar-refractivity contribution is -0.142. The first-order valence-corrected chi connectivity index (χ1v) is 9.50. The number of esters is 1. The minimum absolute atomic E-state index is 0.145. The van der Waals surface area contributed by atoms with E-state index in [1.54, 1.807) is 24.3 Å². The van der Waals surface area contributed by atoms with Gasteiger partial charge < -0.3 is 19.1 Å². The second-order valence-electron chi connectivity index (χ2n) is 5.74. The van der Waals surface area contributed by atoms with Gasteiger partial charge in [0.2, 0.25) is 0 Å². The highest BCUT2D eigenvalue weighted by Crippen LogP contribution is 2.34. The zero-order valence-corrected chi connectivity index (χ0v) is 15.8. The van der Waals surface area contributed by atoms with Gasteiger partial charge >= 0.3 is 5.97 Å². The van der Waals surface area contributed by atoms with Crippen molar-refractivity contribution in [3.63, 3.8) is 0 Å². The second-order valence-corrected chi connectivity index (χ2v) is 6.72. The summed E-state index contributed by atoms with van der Waals surface area (Å²) >= 11 is 1.49. The number of hydrogen-bond donors (Lipinski definition) is 0. The number of nitriles is 1. The molecule has 0 spiro atoms. The van der Waals surface area contributed by atoms with E-state index < -0.39 is 18.5 Å². The van der Waals surface area contributed by atoms with Crippen LogP contribution in [0.2, 0.25) is 0 Å². The molecule has 1 aromatic heterocycles. The van der Waals surface area contributed by atoms with Gasteiger partial charge in [-0.1, -0.05) is 6.07 Å². The molecule has 1 amide bonds. The van der Waals surface area contributed by atoms with Crippen molar-refractivity contribution >= 4 is 35.0 Å². The molecule has 7 nitrogen and oxygen atoms in total. The van der Waals surface area contributed by atoms with Crippen molar-refractivity contribution < 1.29 is 23.8 Å². The molecule has 0 bridgehead atoms. The van der Waals surface area contributed by atoms with Crippen molar-refractivity contribution in [2.75, 3.05) is 31.3 Å². The molecule has 28 heavy (non-hydrogen) atoms. The second kappa shape index (κ2) is 9.58. The maximum Gasteiger partial charge on any atom is 0.331 e. The molecule has 0 saturated heterocycles. The molecule has 144 valence electrons. The molecule has 3 rings (SSSR count). The minimum Gasteiger partial charge on any atom is -0.486 e. The van der Waals surface area contributed by atoms with Gasteiger partial charge in [-0.2, -0.15) is 5.26 Å². The Kier molecular flexibility index (Phi) is 6.65. The maximum atomic E-state index is 12.6. The lowest BCUT2D eigenvalue weighted by atomic mass is 10.2. The van der Waals surface area contributed by atoms with E-state index in [1.807, 2.05) is 23.6 Å². The number of anilines is 1. The van der Waals surface area contributed by atoms with E-state index in [1.165, 1.54) is 22.3 Å². The SMILES string of the molecule is N#CCCN(C(=O)COC(=O)C=Cc1cccs1)c1ccc2c(c1)OCCO2. The molecule has 2 heterocycles. The van der Waals surface area contributed by atoms with E-state index in [0.717, 1.165) is 4.88 Å². The number of amides is 1. The molecular formula is C20H18N2O5S. The summed E-state index contributed by atoms with van der Waals surface area (Å²) in [7, 11) is 0. The predicted molar refractivity (Wildman–Crippen MR) is 104 cm³/mol. The number of nitrogens with zero attached hydrogens (tertiary/aromatic N) is 2. The van der Waals surface area contributed by atoms with Crippen LogP contribution in [-0.4, -0.2) is 38.2 Å². The summed E-state index contributed by atoms with van der Waals surface area (Å²) in [4.78, 5) is 26.8. The van der Waals surface area contributed by atoms with Crippen molar-refractivity contribution in [1.29, 1.82) is 5.26 Å². The van der Waals surface area contributed by atoms with Gasteiger partial charge in [0.25, 0.3) is 5.91 Å². The van der Waals surface area contributed by atoms with Crippen molar-refractivity contribution in [3.8, 4) is 17.6 Å². The molecule has 1 aliphatic rings. The van der Waals surface area contributed by atoms with Gasteiger partial charge in [0.15, 0.2) is 18.1 Å². The third kappa shape index (κ3) is 5.11. The topological polar surface area (TPSA) is 88.9 Å². The van der Waals surface area contributed by atoms with Crippen LogP contribution in [0.5, 0.6) is 11.5 Å². The molecule has 1 aromatic carbocycles. The molecule has 0 aliphatic carbocycles. The zero-order valence-electron chi connectivity index (χ0n) is 15.0. The number of ether oxygens (including phenoxy) is 3. The normalized spacial score (nSPS) is 12.4. The van der Waals surface area contributed by atoms with E-state index in [2.05, 4.69) is 0 Å². The maximum absolute atomic E-state index is 12.6. The van der Waals surface area contributed by atoms with E-state index in [-0.39, 0.29) is 13.0 Å². The summed E-state index contributed by atoms with van der Waals surface area (Å²) in [6.45, 7) is 0.653. The predicted octanol–water partition coefficient (Wildman–Crippen LogP) is 3.02. The van der Waals surface area contributed by atoms with Gasteiger partial charge in [0.1, 0.15) is 13.2 Å². The summed E-state index contributed by atoms with van der Waals surface area (Å²) in [5, 5.41) is 10.8. The molecule has 0 unspecified atom stereocenters.